The maximum absolute atomic E-state index is 12.8. The second-order valence-electron chi connectivity index (χ2n) is 5.83. The number of carbonyl (C=O) groups is 2. The van der Waals surface area contributed by atoms with Crippen molar-refractivity contribution in [3.05, 3.63) is 79.7 Å². The van der Waals surface area contributed by atoms with Crippen molar-refractivity contribution in [1.29, 1.82) is 0 Å². The normalized spacial score (nSPS) is 15.9. The Morgan fingerprint density at radius 1 is 1.16 bits per heavy atom. The van der Waals surface area contributed by atoms with E-state index in [0.717, 1.165) is 36.0 Å². The first-order valence-electron chi connectivity index (χ1n) is 8.45. The highest BCUT2D eigenvalue weighted by Gasteiger charge is 2.35. The molecule has 3 rings (SSSR count). The Morgan fingerprint density at radius 3 is 2.48 bits per heavy atom. The van der Waals surface area contributed by atoms with Crippen molar-refractivity contribution in [2.45, 2.75) is 0 Å². The van der Waals surface area contributed by atoms with Gasteiger partial charge in [0.25, 0.3) is 11.6 Å². The van der Waals surface area contributed by atoms with Crippen LogP contribution in [-0.2, 0) is 14.3 Å². The summed E-state index contributed by atoms with van der Waals surface area (Å²) in [4.78, 5) is 46.3. The first-order valence-corrected chi connectivity index (χ1v) is 9.27. The zero-order valence-corrected chi connectivity index (χ0v) is 16.6. The number of rotatable bonds is 6. The van der Waals surface area contributed by atoms with Gasteiger partial charge in [-0.25, -0.2) is 4.79 Å². The highest BCUT2D eigenvalue weighted by molar-refractivity contribution is 8.19. The van der Waals surface area contributed by atoms with Crippen LogP contribution < -0.4 is 10.3 Å². The lowest BCUT2D eigenvalue weighted by molar-refractivity contribution is -0.393. The van der Waals surface area contributed by atoms with Crippen LogP contribution in [0.2, 0.25) is 0 Å². The van der Waals surface area contributed by atoms with Gasteiger partial charge < -0.3 is 4.74 Å². The molecular formula is C18H13N5O7S. The van der Waals surface area contributed by atoms with Gasteiger partial charge in [-0.1, -0.05) is 18.2 Å². The van der Waals surface area contributed by atoms with E-state index in [1.54, 1.807) is 30.3 Å². The molecule has 12 nitrogen and oxygen atoms in total. The lowest BCUT2D eigenvalue weighted by atomic mass is 10.2. The summed E-state index contributed by atoms with van der Waals surface area (Å²) in [6, 6.07) is 11.4. The van der Waals surface area contributed by atoms with E-state index in [-0.39, 0.29) is 15.8 Å². The molecule has 0 spiro atoms. The van der Waals surface area contributed by atoms with Crippen molar-refractivity contribution < 1.29 is 24.2 Å². The van der Waals surface area contributed by atoms with Crippen molar-refractivity contribution in [3.8, 4) is 0 Å². The van der Waals surface area contributed by atoms with Crippen molar-refractivity contribution >= 4 is 51.6 Å². The molecule has 13 heteroatoms. The van der Waals surface area contributed by atoms with Gasteiger partial charge in [0.1, 0.15) is 5.69 Å². The van der Waals surface area contributed by atoms with Gasteiger partial charge in [-0.2, -0.15) is 0 Å². The second-order valence-corrected chi connectivity index (χ2v) is 6.84. The fourth-order valence-corrected chi connectivity index (χ4v) is 3.41. The number of thioether (sulfide) groups is 1. The Labute approximate surface area is 178 Å². The van der Waals surface area contributed by atoms with E-state index in [2.05, 4.69) is 15.3 Å². The van der Waals surface area contributed by atoms with Crippen molar-refractivity contribution in [1.82, 2.24) is 0 Å². The van der Waals surface area contributed by atoms with E-state index >= 15 is 0 Å². The highest BCUT2D eigenvalue weighted by Crippen LogP contribution is 2.35. The van der Waals surface area contributed by atoms with E-state index in [9.17, 15) is 29.8 Å². The van der Waals surface area contributed by atoms with E-state index in [0.29, 0.717) is 5.69 Å². The van der Waals surface area contributed by atoms with E-state index < -0.39 is 33.1 Å². The van der Waals surface area contributed by atoms with Crippen LogP contribution in [0, 0.1) is 20.2 Å². The predicted octanol–water partition coefficient (Wildman–Crippen LogP) is 3.02. The molecule has 1 heterocycles. The topological polar surface area (TPSA) is 157 Å². The minimum absolute atomic E-state index is 0.0365. The molecule has 158 valence electrons. The third-order valence-corrected chi connectivity index (χ3v) is 4.90. The number of nitrogens with zero attached hydrogens (tertiary/aromatic N) is 4. The van der Waals surface area contributed by atoms with Crippen LogP contribution in [-0.4, -0.2) is 34.0 Å². The Kier molecular flexibility index (Phi) is 6.26. The highest BCUT2D eigenvalue weighted by atomic mass is 32.2. The monoisotopic (exact) mass is 443 g/mol. The summed E-state index contributed by atoms with van der Waals surface area (Å²) in [5.41, 5.74) is 1.79. The lowest BCUT2D eigenvalue weighted by Gasteiger charge is -2.15. The second kappa shape index (κ2) is 9.04. The van der Waals surface area contributed by atoms with Gasteiger partial charge in [0.15, 0.2) is 5.17 Å². The number of methoxy groups -OCH3 is 1. The zero-order valence-electron chi connectivity index (χ0n) is 15.8. The lowest BCUT2D eigenvalue weighted by Crippen LogP contribution is -2.29. The summed E-state index contributed by atoms with van der Waals surface area (Å²) < 4.78 is 4.55. The number of hydrogen-bond acceptors (Lipinski definition) is 10. The number of non-ortho nitro benzene ring substituents is 1. The number of nitro benzene ring substituents is 2. The molecule has 1 amide bonds. The first kappa shape index (κ1) is 21.4. The first-order chi connectivity index (χ1) is 14.8. The average molecular weight is 443 g/mol. The summed E-state index contributed by atoms with van der Waals surface area (Å²) in [5.74, 6) is -1.27. The summed E-state index contributed by atoms with van der Waals surface area (Å²) >= 11 is 0.853. The van der Waals surface area contributed by atoms with Gasteiger partial charge in [-0.05, 0) is 30.0 Å². The maximum Gasteiger partial charge on any atom is 0.331 e. The molecule has 0 unspecified atom stereocenters. The Morgan fingerprint density at radius 2 is 1.87 bits per heavy atom. The Balaban J connectivity index is 2.00. The summed E-state index contributed by atoms with van der Waals surface area (Å²) in [6.45, 7) is 0. The molecule has 0 aliphatic carbocycles. The van der Waals surface area contributed by atoms with Gasteiger partial charge in [-0.3, -0.25) is 35.3 Å². The molecule has 2 aromatic carbocycles. The summed E-state index contributed by atoms with van der Waals surface area (Å²) in [7, 11) is 1.17. The van der Waals surface area contributed by atoms with Crippen LogP contribution in [0.15, 0.2) is 64.6 Å². The zero-order chi connectivity index (χ0) is 22.5. The van der Waals surface area contributed by atoms with E-state index in [1.807, 2.05) is 0 Å². The molecular weight excluding hydrogens is 430 g/mol. The molecule has 0 bridgehead atoms. The Hall–Kier alpha value is -4.26. The van der Waals surface area contributed by atoms with E-state index in [1.165, 1.54) is 12.0 Å². The molecule has 1 N–H and O–H groups in total. The van der Waals surface area contributed by atoms with E-state index in [4.69, 9.17) is 0 Å². The fourth-order valence-electron chi connectivity index (χ4n) is 2.51. The molecule has 1 fully saturated rings. The molecule has 0 aromatic heterocycles. The number of hydrogen-bond donors (Lipinski definition) is 1. The van der Waals surface area contributed by atoms with Crippen molar-refractivity contribution in [2.75, 3.05) is 17.4 Å². The number of benzene rings is 2. The number of esters is 1. The predicted molar refractivity (Wildman–Crippen MR) is 112 cm³/mol. The molecule has 0 radical (unpaired) electrons. The van der Waals surface area contributed by atoms with Crippen molar-refractivity contribution in [3.63, 3.8) is 0 Å². The number of nitro groups is 2. The van der Waals surface area contributed by atoms with Gasteiger partial charge in [0.05, 0.1) is 33.6 Å². The van der Waals surface area contributed by atoms with Crippen LogP contribution in [0.4, 0.5) is 22.7 Å². The van der Waals surface area contributed by atoms with Crippen LogP contribution >= 0.6 is 11.8 Å². The van der Waals surface area contributed by atoms with Gasteiger partial charge >= 0.3 is 11.7 Å². The molecule has 2 aromatic rings. The minimum atomic E-state index is -0.792. The number of hydrazone groups is 1. The number of anilines is 2. The molecule has 1 aliphatic heterocycles. The molecule has 1 saturated heterocycles. The average Bonchev–Trinajstić information content (AvgIpc) is 3.07. The maximum atomic E-state index is 12.8. The van der Waals surface area contributed by atoms with Gasteiger partial charge in [0, 0.05) is 12.1 Å². The quantitative estimate of drug-likeness (QED) is 0.306. The summed E-state index contributed by atoms with van der Waals surface area (Å²) in [6.07, 6.45) is 1.01. The number of amides is 1. The molecule has 31 heavy (non-hydrogen) atoms. The minimum Gasteiger partial charge on any atom is -0.466 e. The molecule has 0 saturated carbocycles. The largest absolute Gasteiger partial charge is 0.466 e. The van der Waals surface area contributed by atoms with Crippen LogP contribution in [0.3, 0.4) is 0 Å². The third-order valence-electron chi connectivity index (χ3n) is 3.93. The number of para-hydroxylation sites is 1. The Bertz CT molecular complexity index is 1130. The number of amidine groups is 1. The number of nitrogens with one attached hydrogen (secondary N) is 1. The van der Waals surface area contributed by atoms with Crippen LogP contribution in [0.25, 0.3) is 0 Å². The third kappa shape index (κ3) is 4.67. The summed E-state index contributed by atoms with van der Waals surface area (Å²) in [5, 5.41) is 26.3. The molecule has 0 atom stereocenters. The number of carbonyl (C=O) groups excluding carboxylic acids is 2. The smallest absolute Gasteiger partial charge is 0.331 e. The van der Waals surface area contributed by atoms with Gasteiger partial charge in [0.2, 0.25) is 0 Å². The number of ether oxygens (including phenoxy) is 1. The van der Waals surface area contributed by atoms with Crippen molar-refractivity contribution in [2.24, 2.45) is 5.10 Å². The van der Waals surface area contributed by atoms with Crippen LogP contribution in [0.5, 0.6) is 0 Å². The van der Waals surface area contributed by atoms with Gasteiger partial charge in [-0.15, -0.1) is 5.10 Å². The van der Waals surface area contributed by atoms with Crippen LogP contribution in [0.1, 0.15) is 0 Å². The molecule has 1 aliphatic rings. The fraction of sp³-hybridized carbons (Fsp3) is 0.0556. The SMILES string of the molecule is COC(=O)/C=C1\S/C(=N\Nc2ccc([N+](=O)[O-])cc2[N+](=O)[O-])N(c2ccccc2)C1=O. The standard InChI is InChI=1S/C18H13N5O7S/c1-30-16(24)10-15-17(25)21(11-5-3-2-4-6-11)18(31-15)20-19-13-8-7-12(22(26)27)9-14(13)23(28)29/h2-10,19H,1H3/b15-10-,20-18-.